The van der Waals surface area contributed by atoms with Gasteiger partial charge in [-0.2, -0.15) is 0 Å². The summed E-state index contributed by atoms with van der Waals surface area (Å²) in [5.74, 6) is 0.0570. The predicted molar refractivity (Wildman–Crippen MR) is 73.0 cm³/mol. The Hall–Kier alpha value is -1.06. The third-order valence-electron chi connectivity index (χ3n) is 2.84. The fraction of sp³-hybridized carbons (Fsp3) is 0.400. The molecule has 3 heterocycles. The molecule has 1 fully saturated rings. The van der Waals surface area contributed by atoms with Crippen molar-refractivity contribution in [3.05, 3.63) is 16.8 Å². The van der Waals surface area contributed by atoms with Crippen LogP contribution in [0.5, 0.6) is 0 Å². The van der Waals surface area contributed by atoms with Crippen LogP contribution >= 0.6 is 34.9 Å². The molecule has 9 heteroatoms. The van der Waals surface area contributed by atoms with Gasteiger partial charge in [0.15, 0.2) is 4.34 Å². The number of carbonyl (C=O) groups excluding carboxylic acids is 1. The van der Waals surface area contributed by atoms with Crippen LogP contribution in [0.1, 0.15) is 6.42 Å². The molecule has 1 N–H and O–H groups in total. The van der Waals surface area contributed by atoms with Crippen molar-refractivity contribution in [2.24, 2.45) is 0 Å². The molecule has 0 spiro atoms. The number of carbonyl (C=O) groups is 2. The fourth-order valence-corrected chi connectivity index (χ4v) is 4.86. The number of carboxylic acids is 1. The van der Waals surface area contributed by atoms with Crippen molar-refractivity contribution in [2.45, 2.75) is 16.1 Å². The number of rotatable bonds is 4. The van der Waals surface area contributed by atoms with Crippen LogP contribution in [0.2, 0.25) is 0 Å². The highest BCUT2D eigenvalue weighted by Crippen LogP contribution is 2.41. The lowest BCUT2D eigenvalue weighted by Gasteiger charge is -2.43. The normalized spacial score (nSPS) is 22.2. The molecular formula is C10H9N3O3S3. The first-order valence-electron chi connectivity index (χ1n) is 5.44. The highest BCUT2D eigenvalue weighted by atomic mass is 32.2. The summed E-state index contributed by atoms with van der Waals surface area (Å²) < 4.78 is 0.805. The van der Waals surface area contributed by atoms with Crippen molar-refractivity contribution >= 4 is 46.7 Å². The van der Waals surface area contributed by atoms with Crippen molar-refractivity contribution < 1.29 is 14.7 Å². The van der Waals surface area contributed by atoms with Gasteiger partial charge < -0.3 is 5.11 Å². The first-order chi connectivity index (χ1) is 9.16. The minimum Gasteiger partial charge on any atom is -0.477 e. The highest BCUT2D eigenvalue weighted by molar-refractivity contribution is 8.01. The van der Waals surface area contributed by atoms with Gasteiger partial charge in [-0.1, -0.05) is 23.1 Å². The van der Waals surface area contributed by atoms with Gasteiger partial charge in [0.1, 0.15) is 11.2 Å². The van der Waals surface area contributed by atoms with Gasteiger partial charge in [0.05, 0.1) is 11.8 Å². The molecule has 0 unspecified atom stereocenters. The van der Waals surface area contributed by atoms with Crippen molar-refractivity contribution in [1.29, 1.82) is 0 Å². The lowest BCUT2D eigenvalue weighted by molar-refractivity contribution is -0.146. The summed E-state index contributed by atoms with van der Waals surface area (Å²) in [5.41, 5.74) is 2.58. The van der Waals surface area contributed by atoms with Gasteiger partial charge in [-0.15, -0.1) is 22.0 Å². The molecule has 2 aliphatic rings. The summed E-state index contributed by atoms with van der Waals surface area (Å²) in [5, 5.41) is 17.0. The topological polar surface area (TPSA) is 83.4 Å². The number of carboxylic acid groups (broad SMARTS) is 1. The van der Waals surface area contributed by atoms with Crippen LogP contribution in [0.4, 0.5) is 0 Å². The van der Waals surface area contributed by atoms with Gasteiger partial charge in [0.2, 0.25) is 5.91 Å². The molecule has 1 atom stereocenters. The number of thioether (sulfide) groups is 2. The molecule has 1 amide bonds. The maximum atomic E-state index is 11.5. The number of β-lactam (4-membered cyclic amide) rings is 1. The van der Waals surface area contributed by atoms with Crippen LogP contribution in [-0.4, -0.2) is 49.0 Å². The molecule has 0 aliphatic carbocycles. The zero-order chi connectivity index (χ0) is 13.4. The quantitative estimate of drug-likeness (QED) is 0.662. The van der Waals surface area contributed by atoms with E-state index in [2.05, 4.69) is 10.2 Å². The van der Waals surface area contributed by atoms with Crippen molar-refractivity contribution in [2.75, 3.05) is 11.5 Å². The lowest BCUT2D eigenvalue weighted by atomic mass is 10.1. The molecule has 1 aromatic rings. The molecule has 0 saturated carbocycles. The molecule has 100 valence electrons. The minimum atomic E-state index is -1.02. The third-order valence-corrected chi connectivity index (χ3v) is 6.07. The van der Waals surface area contributed by atoms with Gasteiger partial charge in [0.25, 0.3) is 0 Å². The summed E-state index contributed by atoms with van der Waals surface area (Å²) >= 11 is 4.50. The second-order valence-electron chi connectivity index (χ2n) is 3.98. The van der Waals surface area contributed by atoms with Crippen LogP contribution in [-0.2, 0) is 9.59 Å². The van der Waals surface area contributed by atoms with Crippen LogP contribution in [0.15, 0.2) is 21.1 Å². The maximum absolute atomic E-state index is 11.5. The zero-order valence-corrected chi connectivity index (χ0v) is 12.1. The van der Waals surface area contributed by atoms with E-state index in [-0.39, 0.29) is 17.0 Å². The molecule has 0 aromatic carbocycles. The van der Waals surface area contributed by atoms with E-state index in [0.29, 0.717) is 17.9 Å². The van der Waals surface area contributed by atoms with Crippen molar-refractivity contribution in [3.8, 4) is 0 Å². The molecule has 6 nitrogen and oxygen atoms in total. The van der Waals surface area contributed by atoms with Crippen LogP contribution in [0.3, 0.4) is 0 Å². The standard InChI is InChI=1S/C10H9N3O3S3/c14-6-1-7-13(6)8(9(15)16)5(2-17-7)3-18-10-12-11-4-19-10/h4,7H,1-3H2,(H,15,16)/t7-/m1/s1. The lowest BCUT2D eigenvalue weighted by Crippen LogP contribution is -2.54. The van der Waals surface area contributed by atoms with E-state index < -0.39 is 5.97 Å². The molecule has 0 bridgehead atoms. The second kappa shape index (κ2) is 5.14. The Kier molecular flexibility index (Phi) is 3.50. The highest BCUT2D eigenvalue weighted by Gasteiger charge is 2.45. The molecular weight excluding hydrogens is 306 g/mol. The monoisotopic (exact) mass is 315 g/mol. The average Bonchev–Trinajstić information content (AvgIpc) is 2.88. The van der Waals surface area contributed by atoms with E-state index in [0.717, 1.165) is 9.91 Å². The SMILES string of the molecule is O=C(O)C1=C(CSc2nncs2)CS[C@@H]2CC(=O)N12. The summed E-state index contributed by atoms with van der Waals surface area (Å²) in [4.78, 5) is 24.3. The Balaban J connectivity index is 1.81. The van der Waals surface area contributed by atoms with Gasteiger partial charge in [-0.3, -0.25) is 9.69 Å². The Morgan fingerprint density at radius 1 is 1.63 bits per heavy atom. The van der Waals surface area contributed by atoms with Gasteiger partial charge in [-0.05, 0) is 5.57 Å². The summed E-state index contributed by atoms with van der Waals surface area (Å²) in [7, 11) is 0. The van der Waals surface area contributed by atoms with E-state index in [1.165, 1.54) is 28.0 Å². The number of aromatic nitrogens is 2. The molecule has 0 radical (unpaired) electrons. The number of nitrogens with zero attached hydrogens (tertiary/aromatic N) is 3. The maximum Gasteiger partial charge on any atom is 0.352 e. The Bertz CT molecular complexity index is 558. The molecule has 3 rings (SSSR count). The number of hydrogen-bond acceptors (Lipinski definition) is 7. The van der Waals surface area contributed by atoms with Crippen molar-refractivity contribution in [1.82, 2.24) is 15.1 Å². The summed E-state index contributed by atoms with van der Waals surface area (Å²) in [6.07, 6.45) is 0.443. The first-order valence-corrected chi connectivity index (χ1v) is 8.36. The smallest absolute Gasteiger partial charge is 0.352 e. The van der Waals surface area contributed by atoms with E-state index in [1.807, 2.05) is 0 Å². The Morgan fingerprint density at radius 2 is 2.47 bits per heavy atom. The fourth-order valence-electron chi connectivity index (χ4n) is 1.96. The number of aliphatic carboxylic acids is 1. The Morgan fingerprint density at radius 3 is 3.11 bits per heavy atom. The summed E-state index contributed by atoms with van der Waals surface area (Å²) in [6.45, 7) is 0. The Labute approximate surface area is 121 Å². The van der Waals surface area contributed by atoms with E-state index in [1.54, 1.807) is 17.3 Å². The first kappa shape index (κ1) is 12.9. The number of fused-ring (bicyclic) bond motifs is 1. The molecule has 1 aromatic heterocycles. The second-order valence-corrected chi connectivity index (χ2v) is 7.21. The van der Waals surface area contributed by atoms with Gasteiger partial charge in [-0.25, -0.2) is 4.79 Å². The predicted octanol–water partition coefficient (Wildman–Crippen LogP) is 1.27. The molecule has 1 saturated heterocycles. The van der Waals surface area contributed by atoms with Crippen LogP contribution in [0, 0.1) is 0 Å². The van der Waals surface area contributed by atoms with Gasteiger partial charge in [0, 0.05) is 11.5 Å². The largest absolute Gasteiger partial charge is 0.477 e. The summed E-state index contributed by atoms with van der Waals surface area (Å²) in [6, 6.07) is 0. The van der Waals surface area contributed by atoms with E-state index >= 15 is 0 Å². The number of amides is 1. The third kappa shape index (κ3) is 2.37. The molecule has 19 heavy (non-hydrogen) atoms. The van der Waals surface area contributed by atoms with E-state index in [4.69, 9.17) is 0 Å². The zero-order valence-electron chi connectivity index (χ0n) is 9.61. The average molecular weight is 315 g/mol. The molecule has 2 aliphatic heterocycles. The minimum absolute atomic E-state index is 0.00822. The van der Waals surface area contributed by atoms with E-state index in [9.17, 15) is 14.7 Å². The van der Waals surface area contributed by atoms with Gasteiger partial charge >= 0.3 is 5.97 Å². The van der Waals surface area contributed by atoms with Crippen molar-refractivity contribution in [3.63, 3.8) is 0 Å². The van der Waals surface area contributed by atoms with Crippen LogP contribution < -0.4 is 0 Å². The number of hydrogen-bond donors (Lipinski definition) is 1. The van der Waals surface area contributed by atoms with Crippen LogP contribution in [0.25, 0.3) is 0 Å².